The third kappa shape index (κ3) is 4.62. The number of hydrogen-bond acceptors (Lipinski definition) is 6. The predicted molar refractivity (Wildman–Crippen MR) is 135 cm³/mol. The second-order valence-corrected chi connectivity index (χ2v) is 10.3. The lowest BCUT2D eigenvalue weighted by Crippen LogP contribution is -2.44. The minimum absolute atomic E-state index is 0.0397. The molecule has 0 bridgehead atoms. The Labute approximate surface area is 209 Å². The van der Waals surface area contributed by atoms with Crippen molar-refractivity contribution in [1.82, 2.24) is 14.8 Å². The molecule has 0 saturated carbocycles. The number of carbonyl (C=O) groups excluding carboxylic acids is 2. The van der Waals surface area contributed by atoms with Crippen LogP contribution in [0.2, 0.25) is 0 Å². The molecule has 1 spiro atoms. The Hall–Kier alpha value is -3.39. The zero-order valence-corrected chi connectivity index (χ0v) is 20.8. The number of carbonyl (C=O) groups is 2. The number of ether oxygens (including phenoxy) is 2. The molecule has 0 aliphatic carbocycles. The van der Waals surface area contributed by atoms with Crippen LogP contribution in [0.25, 0.3) is 10.6 Å². The fourth-order valence-electron chi connectivity index (χ4n) is 5.11. The smallest absolute Gasteiger partial charge is 0.263 e. The third-order valence-electron chi connectivity index (χ3n) is 7.21. The van der Waals surface area contributed by atoms with Crippen molar-refractivity contribution >= 4 is 23.2 Å². The van der Waals surface area contributed by atoms with Crippen LogP contribution in [0.4, 0.5) is 0 Å². The molecule has 2 amide bonds. The van der Waals surface area contributed by atoms with Gasteiger partial charge in [0.25, 0.3) is 11.8 Å². The summed E-state index contributed by atoms with van der Waals surface area (Å²) in [6, 6.07) is 15.0. The van der Waals surface area contributed by atoms with Crippen LogP contribution in [0.3, 0.4) is 0 Å². The van der Waals surface area contributed by atoms with E-state index in [1.165, 1.54) is 11.3 Å². The van der Waals surface area contributed by atoms with E-state index in [-0.39, 0.29) is 17.2 Å². The molecule has 0 radical (unpaired) electrons. The van der Waals surface area contributed by atoms with Crippen molar-refractivity contribution in [3.63, 3.8) is 0 Å². The summed E-state index contributed by atoms with van der Waals surface area (Å²) in [5.41, 5.74) is 1.48. The first-order valence-electron chi connectivity index (χ1n) is 11.8. The zero-order valence-electron chi connectivity index (χ0n) is 20.0. The molecule has 0 unspecified atom stereocenters. The highest BCUT2D eigenvalue weighted by Crippen LogP contribution is 2.42. The molecular weight excluding hydrogens is 462 g/mol. The number of piperidine rings is 1. The summed E-state index contributed by atoms with van der Waals surface area (Å²) in [5.74, 6) is 1.23. The number of benzene rings is 1. The zero-order chi connectivity index (χ0) is 24.4. The van der Waals surface area contributed by atoms with Crippen molar-refractivity contribution in [2.45, 2.75) is 19.3 Å². The second-order valence-electron chi connectivity index (χ2n) is 9.21. The van der Waals surface area contributed by atoms with Gasteiger partial charge >= 0.3 is 0 Å². The summed E-state index contributed by atoms with van der Waals surface area (Å²) in [6.07, 6.45) is 4.51. The van der Waals surface area contributed by atoms with Crippen molar-refractivity contribution in [2.75, 3.05) is 40.4 Å². The minimum Gasteiger partial charge on any atom is -0.497 e. The van der Waals surface area contributed by atoms with Gasteiger partial charge < -0.3 is 19.3 Å². The average molecular weight is 492 g/mol. The van der Waals surface area contributed by atoms with Crippen LogP contribution in [0, 0.1) is 5.41 Å². The van der Waals surface area contributed by atoms with E-state index < -0.39 is 0 Å². The van der Waals surface area contributed by atoms with Gasteiger partial charge in [-0.05, 0) is 67.1 Å². The molecule has 2 aliphatic heterocycles. The monoisotopic (exact) mass is 491 g/mol. The maximum atomic E-state index is 13.2. The van der Waals surface area contributed by atoms with Gasteiger partial charge in [-0.25, -0.2) is 0 Å². The molecule has 1 aromatic carbocycles. The Bertz CT molecular complexity index is 1220. The van der Waals surface area contributed by atoms with Gasteiger partial charge in [0.2, 0.25) is 0 Å². The average Bonchev–Trinajstić information content (AvgIpc) is 3.57. The van der Waals surface area contributed by atoms with Crippen LogP contribution in [0.15, 0.2) is 54.7 Å². The number of amides is 2. The largest absolute Gasteiger partial charge is 0.497 e. The minimum atomic E-state index is -0.0397. The predicted octanol–water partition coefficient (Wildman–Crippen LogP) is 4.60. The molecule has 7 nitrogen and oxygen atoms in total. The molecule has 8 heteroatoms. The molecule has 0 atom stereocenters. The fourth-order valence-corrected chi connectivity index (χ4v) is 6.06. The van der Waals surface area contributed by atoms with Gasteiger partial charge in [0.05, 0.1) is 35.2 Å². The lowest BCUT2D eigenvalue weighted by atomic mass is 9.77. The van der Waals surface area contributed by atoms with Crippen LogP contribution in [-0.2, 0) is 0 Å². The summed E-state index contributed by atoms with van der Waals surface area (Å²) in [6.45, 7) is 2.84. The molecule has 2 fully saturated rings. The molecular formula is C27H29N3O4S. The maximum Gasteiger partial charge on any atom is 0.263 e. The van der Waals surface area contributed by atoms with E-state index in [4.69, 9.17) is 9.47 Å². The number of nitrogens with zero attached hydrogens (tertiary/aromatic N) is 3. The fraction of sp³-hybridized carbons (Fsp3) is 0.370. The number of likely N-dealkylation sites (tertiary alicyclic amines) is 2. The molecule has 5 rings (SSSR count). The van der Waals surface area contributed by atoms with Gasteiger partial charge in [0, 0.05) is 32.4 Å². The quantitative estimate of drug-likeness (QED) is 0.522. The Morgan fingerprint density at radius 1 is 0.914 bits per heavy atom. The number of pyridine rings is 1. The summed E-state index contributed by atoms with van der Waals surface area (Å²) >= 11 is 1.50. The first-order valence-corrected chi connectivity index (χ1v) is 12.7. The van der Waals surface area contributed by atoms with Crippen molar-refractivity contribution < 1.29 is 19.1 Å². The van der Waals surface area contributed by atoms with Gasteiger partial charge in [-0.2, -0.15) is 0 Å². The summed E-state index contributed by atoms with van der Waals surface area (Å²) in [5, 5.41) is 0. The Morgan fingerprint density at radius 3 is 2.37 bits per heavy atom. The van der Waals surface area contributed by atoms with Gasteiger partial charge in [-0.1, -0.05) is 6.07 Å². The van der Waals surface area contributed by atoms with Crippen LogP contribution < -0.4 is 9.47 Å². The van der Waals surface area contributed by atoms with Gasteiger partial charge in [0.1, 0.15) is 11.5 Å². The molecule has 182 valence electrons. The molecule has 3 aromatic rings. The SMILES string of the molecule is COc1ccc(OC)c(C(=O)N2CCC3(CCN(C(=O)c4ccc(-c5ccccn5)s4)C3)CC2)c1. The third-order valence-corrected chi connectivity index (χ3v) is 8.30. The Morgan fingerprint density at radius 2 is 1.69 bits per heavy atom. The van der Waals surface area contributed by atoms with Gasteiger partial charge in [0.15, 0.2) is 0 Å². The van der Waals surface area contributed by atoms with Crippen LogP contribution >= 0.6 is 11.3 Å². The topological polar surface area (TPSA) is 72.0 Å². The lowest BCUT2D eigenvalue weighted by Gasteiger charge is -2.39. The number of aromatic nitrogens is 1. The highest BCUT2D eigenvalue weighted by molar-refractivity contribution is 7.17. The Kier molecular flexibility index (Phi) is 6.47. The first-order chi connectivity index (χ1) is 17.0. The number of methoxy groups -OCH3 is 2. The van der Waals surface area contributed by atoms with E-state index in [0.29, 0.717) is 30.2 Å². The number of hydrogen-bond donors (Lipinski definition) is 0. The van der Waals surface area contributed by atoms with E-state index >= 15 is 0 Å². The highest BCUT2D eigenvalue weighted by Gasteiger charge is 2.43. The second kappa shape index (κ2) is 9.70. The van der Waals surface area contributed by atoms with E-state index in [9.17, 15) is 9.59 Å². The highest BCUT2D eigenvalue weighted by atomic mass is 32.1. The van der Waals surface area contributed by atoms with Crippen LogP contribution in [-0.4, -0.2) is 67.0 Å². The molecule has 0 N–H and O–H groups in total. The summed E-state index contributed by atoms with van der Waals surface area (Å²) in [4.78, 5) is 36.5. The summed E-state index contributed by atoms with van der Waals surface area (Å²) in [7, 11) is 3.16. The van der Waals surface area contributed by atoms with Crippen LogP contribution in [0.1, 0.15) is 39.3 Å². The number of rotatable bonds is 5. The van der Waals surface area contributed by atoms with Crippen LogP contribution in [0.5, 0.6) is 11.5 Å². The number of thiophene rings is 1. The van der Waals surface area contributed by atoms with E-state index in [2.05, 4.69) is 4.98 Å². The maximum absolute atomic E-state index is 13.2. The molecule has 2 aliphatic rings. The molecule has 2 saturated heterocycles. The van der Waals surface area contributed by atoms with Gasteiger partial charge in [-0.3, -0.25) is 14.6 Å². The Balaban J connectivity index is 1.22. The van der Waals surface area contributed by atoms with E-state index in [0.717, 1.165) is 47.8 Å². The van der Waals surface area contributed by atoms with E-state index in [1.54, 1.807) is 38.6 Å². The molecule has 4 heterocycles. The van der Waals surface area contributed by atoms with Crippen molar-refractivity contribution in [3.8, 4) is 22.1 Å². The van der Waals surface area contributed by atoms with Crippen molar-refractivity contribution in [2.24, 2.45) is 5.41 Å². The van der Waals surface area contributed by atoms with Crippen molar-refractivity contribution in [3.05, 3.63) is 65.2 Å². The van der Waals surface area contributed by atoms with E-state index in [1.807, 2.05) is 40.1 Å². The van der Waals surface area contributed by atoms with Gasteiger partial charge in [-0.15, -0.1) is 11.3 Å². The molecule has 35 heavy (non-hydrogen) atoms. The molecule has 2 aromatic heterocycles. The normalized spacial score (nSPS) is 17.0. The standard InChI is InChI=1S/C27H29N3O4S/c1-33-19-6-7-22(34-2)20(17-19)25(31)29-14-10-27(11-15-29)12-16-30(18-27)26(32)24-9-8-23(35-24)21-5-3-4-13-28-21/h3-9,13,17H,10-12,14-16,18H2,1-2H3. The lowest BCUT2D eigenvalue weighted by molar-refractivity contribution is 0.0563. The first kappa shape index (κ1) is 23.4. The summed E-state index contributed by atoms with van der Waals surface area (Å²) < 4.78 is 10.7. The van der Waals surface area contributed by atoms with Crippen molar-refractivity contribution in [1.29, 1.82) is 0 Å².